The molecule has 0 saturated carbocycles. The van der Waals surface area contributed by atoms with Gasteiger partial charge in [0.25, 0.3) is 0 Å². The Labute approximate surface area is 203 Å². The maximum absolute atomic E-state index is 4.98. The Morgan fingerprint density at radius 2 is 1.59 bits per heavy atom. The third-order valence-electron chi connectivity index (χ3n) is 4.90. The van der Waals surface area contributed by atoms with E-state index in [1.165, 1.54) is 39.0 Å². The molecule has 0 fully saturated rings. The van der Waals surface area contributed by atoms with E-state index in [-0.39, 0.29) is 46.5 Å². The van der Waals surface area contributed by atoms with Crippen LogP contribution in [0.3, 0.4) is 0 Å². The van der Waals surface area contributed by atoms with Crippen molar-refractivity contribution in [3.63, 3.8) is 0 Å². The van der Waals surface area contributed by atoms with Crippen molar-refractivity contribution in [2.45, 2.75) is 33.7 Å². The number of allylic oxidation sites excluding steroid dienone is 2. The largest absolute Gasteiger partial charge is 3.00 e. The molecule has 0 unspecified atom stereocenters. The number of rotatable bonds is 6. The van der Waals surface area contributed by atoms with Gasteiger partial charge >= 0.3 is 21.7 Å². The van der Waals surface area contributed by atoms with E-state index < -0.39 is 0 Å². The van der Waals surface area contributed by atoms with Gasteiger partial charge in [-0.3, -0.25) is 0 Å². The van der Waals surface area contributed by atoms with Crippen LogP contribution in [0.2, 0.25) is 0 Å². The Balaban J connectivity index is 0.00000261. The number of halogens is 2. The smallest absolute Gasteiger partial charge is 1.00 e. The van der Waals surface area contributed by atoms with Crippen LogP contribution in [0, 0.1) is 20.8 Å². The zero-order chi connectivity index (χ0) is 18.7. The fourth-order valence-electron chi connectivity index (χ4n) is 3.86. The summed E-state index contributed by atoms with van der Waals surface area (Å²) in [5.41, 5.74) is 10.5. The number of nitrogens with zero attached hydrogens (tertiary/aromatic N) is 2. The summed E-state index contributed by atoms with van der Waals surface area (Å²) in [6.45, 7) is 8.16. The Morgan fingerprint density at radius 3 is 2.21 bits per heavy atom. The second-order valence-electron chi connectivity index (χ2n) is 7.57. The molecule has 0 saturated heterocycles. The van der Waals surface area contributed by atoms with Crippen LogP contribution in [0.1, 0.15) is 34.2 Å². The van der Waals surface area contributed by atoms with Crippen LogP contribution in [0.25, 0.3) is 10.9 Å². The van der Waals surface area contributed by atoms with Gasteiger partial charge < -0.3 is 35.0 Å². The Hall–Kier alpha value is -1.03. The first-order valence-electron chi connectivity index (χ1n) is 9.32. The molecule has 1 radical (unpaired) electrons. The fraction of sp³-hybridized carbons (Fsp3) is 0.333. The molecule has 0 aromatic heterocycles. The number of benzene rings is 2. The normalized spacial score (nSPS) is 12.3. The summed E-state index contributed by atoms with van der Waals surface area (Å²) in [5.74, 6) is 0. The van der Waals surface area contributed by atoms with Gasteiger partial charge in [0.2, 0.25) is 0 Å². The van der Waals surface area contributed by atoms with Crippen molar-refractivity contribution in [2.24, 2.45) is 0 Å². The summed E-state index contributed by atoms with van der Waals surface area (Å²) >= 11 is 0. The van der Waals surface area contributed by atoms with E-state index in [4.69, 9.17) is 5.32 Å². The molecule has 2 aromatic rings. The summed E-state index contributed by atoms with van der Waals surface area (Å²) in [6, 6.07) is 13.2. The van der Waals surface area contributed by atoms with Crippen LogP contribution in [-0.4, -0.2) is 25.5 Å². The van der Waals surface area contributed by atoms with Gasteiger partial charge in [-0.05, 0) is 58.0 Å². The Morgan fingerprint density at radius 1 is 0.966 bits per heavy atom. The van der Waals surface area contributed by atoms with Crippen molar-refractivity contribution < 1.29 is 46.5 Å². The van der Waals surface area contributed by atoms with Crippen molar-refractivity contribution >= 4 is 11.3 Å². The number of hydrogen-bond donors (Lipinski definition) is 0. The summed E-state index contributed by atoms with van der Waals surface area (Å²) < 4.78 is 0. The van der Waals surface area contributed by atoms with Gasteiger partial charge in [0.05, 0.1) is 0 Å². The molecule has 0 bridgehead atoms. The molecule has 0 atom stereocenters. The van der Waals surface area contributed by atoms with E-state index in [0.29, 0.717) is 0 Å². The first kappa shape index (κ1) is 28.0. The summed E-state index contributed by atoms with van der Waals surface area (Å²) in [7, 11) is 4.25. The molecule has 29 heavy (non-hydrogen) atoms. The maximum atomic E-state index is 4.98. The predicted octanol–water partition coefficient (Wildman–Crippen LogP) is 0.0979. The van der Waals surface area contributed by atoms with Gasteiger partial charge in [-0.2, -0.15) is 0 Å². The Kier molecular flexibility index (Phi) is 12.2. The van der Waals surface area contributed by atoms with Gasteiger partial charge in [0, 0.05) is 6.54 Å². The van der Waals surface area contributed by atoms with Crippen LogP contribution in [0.5, 0.6) is 0 Å². The molecule has 1 aliphatic rings. The third kappa shape index (κ3) is 7.01. The zero-order valence-corrected chi connectivity index (χ0v) is 21.0. The van der Waals surface area contributed by atoms with Gasteiger partial charge in [0.15, 0.2) is 0 Å². The van der Waals surface area contributed by atoms with Crippen LogP contribution in [0.15, 0.2) is 54.1 Å². The van der Waals surface area contributed by atoms with E-state index in [2.05, 4.69) is 88.3 Å². The molecule has 0 amide bonds. The molecule has 2 nitrogen and oxygen atoms in total. The molecule has 0 aliphatic heterocycles. The average molecular weight is 464 g/mol. The number of hydrogen-bond acceptors (Lipinski definition) is 1. The van der Waals surface area contributed by atoms with Crippen molar-refractivity contribution in [1.29, 1.82) is 0 Å². The zero-order valence-electron chi connectivity index (χ0n) is 17.9. The molecular formula is C24H29Cl2N2Ti. The Bertz CT molecular complexity index is 850. The van der Waals surface area contributed by atoms with Crippen LogP contribution in [-0.2, 0) is 28.3 Å². The van der Waals surface area contributed by atoms with Gasteiger partial charge in [-0.1, -0.05) is 70.8 Å². The molecule has 153 valence electrons. The number of aryl methyl sites for hydroxylation is 3. The van der Waals surface area contributed by atoms with Gasteiger partial charge in [-0.25, -0.2) is 0 Å². The molecular weight excluding hydrogens is 435 g/mol. The van der Waals surface area contributed by atoms with E-state index in [9.17, 15) is 0 Å². The third-order valence-corrected chi connectivity index (χ3v) is 4.90. The predicted molar refractivity (Wildman–Crippen MR) is 113 cm³/mol. The van der Waals surface area contributed by atoms with Gasteiger partial charge in [-0.15, -0.1) is 12.2 Å². The molecule has 2 aromatic carbocycles. The van der Waals surface area contributed by atoms with Crippen LogP contribution >= 0.6 is 0 Å². The minimum absolute atomic E-state index is 0. The minimum atomic E-state index is 0. The van der Waals surface area contributed by atoms with Crippen LogP contribution < -0.4 is 24.8 Å². The first-order chi connectivity index (χ1) is 12.5. The number of likely N-dealkylation sites (N-methyl/N-ethyl adjacent to an activating group) is 1. The quantitative estimate of drug-likeness (QED) is 0.555. The molecule has 1 aliphatic carbocycles. The first-order valence-corrected chi connectivity index (χ1v) is 9.32. The van der Waals surface area contributed by atoms with Crippen molar-refractivity contribution in [2.75, 3.05) is 20.6 Å². The monoisotopic (exact) mass is 463 g/mol. The SMILES string of the molecule is Cc1cc(C)c([N-]Cc2ccccc2C2=C(CN(C)C)C=CC2)c(C)c1.[Cl-].[Cl-].[Ti+3]. The summed E-state index contributed by atoms with van der Waals surface area (Å²) in [5, 5.41) is 4.98. The van der Waals surface area contributed by atoms with E-state index in [0.717, 1.165) is 25.2 Å². The molecule has 5 heteroatoms. The van der Waals surface area contributed by atoms with E-state index in [1.54, 1.807) is 0 Å². The van der Waals surface area contributed by atoms with Crippen molar-refractivity contribution in [3.8, 4) is 0 Å². The molecule has 0 spiro atoms. The second-order valence-corrected chi connectivity index (χ2v) is 7.57. The molecule has 0 N–H and O–H groups in total. The van der Waals surface area contributed by atoms with E-state index >= 15 is 0 Å². The summed E-state index contributed by atoms with van der Waals surface area (Å²) in [6.07, 6.45) is 5.57. The fourth-order valence-corrected chi connectivity index (χ4v) is 3.86. The average Bonchev–Trinajstić information content (AvgIpc) is 3.01. The van der Waals surface area contributed by atoms with Crippen molar-refractivity contribution in [3.05, 3.63) is 87.3 Å². The van der Waals surface area contributed by atoms with Crippen LogP contribution in [0.4, 0.5) is 5.69 Å². The maximum Gasteiger partial charge on any atom is 3.00 e. The van der Waals surface area contributed by atoms with Crippen molar-refractivity contribution in [1.82, 2.24) is 4.90 Å². The second kappa shape index (κ2) is 12.6. The van der Waals surface area contributed by atoms with Gasteiger partial charge in [0.1, 0.15) is 0 Å². The molecule has 0 heterocycles. The summed E-state index contributed by atoms with van der Waals surface area (Å²) in [4.78, 5) is 2.23. The standard InChI is InChI=1S/C24H29N2.2ClH.Ti/c1-17-13-18(2)24(19(3)14-17)25-15-20-9-6-7-11-22(20)23-12-8-10-21(23)16-26(4)5;;;/h6-11,13-14H,12,15-16H2,1-5H3;2*1H;/q-1;;;+3/p-2. The topological polar surface area (TPSA) is 17.3 Å². The minimum Gasteiger partial charge on any atom is -1.00 e. The molecule has 3 rings (SSSR count). The van der Waals surface area contributed by atoms with E-state index in [1.807, 2.05) is 0 Å².